The van der Waals surface area contributed by atoms with Crippen molar-refractivity contribution in [3.05, 3.63) is 27.9 Å². The standard InChI is InChI=1S/C9H7F3N2O5/c1-18-8(15)5-2-3-6(14(16)17)7(13-5)19-4-9(10,11)12/h2-3H,4H2,1H3. The number of methoxy groups -OCH3 is 1. The molecule has 0 aliphatic heterocycles. The van der Waals surface area contributed by atoms with Crippen molar-refractivity contribution in [2.24, 2.45) is 0 Å². The lowest BCUT2D eigenvalue weighted by atomic mass is 10.3. The number of hydrogen-bond donors (Lipinski definition) is 0. The van der Waals surface area contributed by atoms with Gasteiger partial charge in [-0.3, -0.25) is 10.1 Å². The zero-order valence-corrected chi connectivity index (χ0v) is 9.43. The topological polar surface area (TPSA) is 91.6 Å². The van der Waals surface area contributed by atoms with E-state index in [-0.39, 0.29) is 0 Å². The molecule has 19 heavy (non-hydrogen) atoms. The number of pyridine rings is 1. The van der Waals surface area contributed by atoms with Crippen molar-refractivity contribution in [2.75, 3.05) is 13.7 Å². The maximum atomic E-state index is 12.0. The molecule has 0 radical (unpaired) electrons. The Kier molecular flexibility index (Phi) is 4.25. The number of alkyl halides is 3. The van der Waals surface area contributed by atoms with Crippen molar-refractivity contribution in [3.63, 3.8) is 0 Å². The lowest BCUT2D eigenvalue weighted by Crippen LogP contribution is -2.20. The summed E-state index contributed by atoms with van der Waals surface area (Å²) in [7, 11) is 1.03. The number of halogens is 3. The number of esters is 1. The maximum absolute atomic E-state index is 12.0. The first-order valence-electron chi connectivity index (χ1n) is 4.68. The van der Waals surface area contributed by atoms with Crippen molar-refractivity contribution < 1.29 is 32.4 Å². The highest BCUT2D eigenvalue weighted by atomic mass is 19.4. The first-order valence-corrected chi connectivity index (χ1v) is 4.68. The molecule has 0 unspecified atom stereocenters. The molecule has 0 fully saturated rings. The van der Waals surface area contributed by atoms with E-state index in [1.54, 1.807) is 0 Å². The number of carbonyl (C=O) groups excluding carboxylic acids is 1. The van der Waals surface area contributed by atoms with Gasteiger partial charge in [0.15, 0.2) is 12.3 Å². The number of nitro groups is 1. The number of carbonyl (C=O) groups is 1. The van der Waals surface area contributed by atoms with Gasteiger partial charge >= 0.3 is 17.8 Å². The van der Waals surface area contributed by atoms with Gasteiger partial charge in [0, 0.05) is 6.07 Å². The molecule has 1 aromatic heterocycles. The molecule has 0 aliphatic carbocycles. The van der Waals surface area contributed by atoms with Gasteiger partial charge in [0.25, 0.3) is 5.88 Å². The van der Waals surface area contributed by atoms with E-state index in [0.29, 0.717) is 0 Å². The van der Waals surface area contributed by atoms with E-state index >= 15 is 0 Å². The van der Waals surface area contributed by atoms with E-state index in [1.165, 1.54) is 0 Å². The van der Waals surface area contributed by atoms with Gasteiger partial charge in [0.1, 0.15) is 0 Å². The van der Waals surface area contributed by atoms with Crippen LogP contribution in [0.3, 0.4) is 0 Å². The molecule has 0 aromatic carbocycles. The highest BCUT2D eigenvalue weighted by Crippen LogP contribution is 2.26. The van der Waals surface area contributed by atoms with E-state index in [4.69, 9.17) is 0 Å². The van der Waals surface area contributed by atoms with Gasteiger partial charge in [-0.2, -0.15) is 13.2 Å². The zero-order chi connectivity index (χ0) is 14.6. The van der Waals surface area contributed by atoms with Crippen LogP contribution < -0.4 is 4.74 Å². The average Bonchev–Trinajstić information content (AvgIpc) is 2.34. The molecule has 10 heteroatoms. The Morgan fingerprint density at radius 1 is 1.47 bits per heavy atom. The molecule has 1 aromatic rings. The Balaban J connectivity index is 3.09. The summed E-state index contributed by atoms with van der Waals surface area (Å²) < 4.78 is 44.5. The molecule has 0 saturated carbocycles. The fourth-order valence-corrected chi connectivity index (χ4v) is 1.05. The molecule has 0 amide bonds. The highest BCUT2D eigenvalue weighted by molar-refractivity contribution is 5.87. The van der Waals surface area contributed by atoms with Gasteiger partial charge in [0.2, 0.25) is 0 Å². The van der Waals surface area contributed by atoms with Crippen LogP contribution in [-0.2, 0) is 4.74 Å². The van der Waals surface area contributed by atoms with Crippen LogP contribution in [0, 0.1) is 10.1 Å². The van der Waals surface area contributed by atoms with Gasteiger partial charge < -0.3 is 9.47 Å². The average molecular weight is 280 g/mol. The Morgan fingerprint density at radius 3 is 2.58 bits per heavy atom. The molecule has 7 nitrogen and oxygen atoms in total. The lowest BCUT2D eigenvalue weighted by Gasteiger charge is -2.09. The molecule has 0 atom stereocenters. The van der Waals surface area contributed by atoms with E-state index in [1.807, 2.05) is 0 Å². The predicted molar refractivity (Wildman–Crippen MR) is 53.8 cm³/mol. The zero-order valence-electron chi connectivity index (χ0n) is 9.43. The molecule has 0 aliphatic rings. The second kappa shape index (κ2) is 5.50. The SMILES string of the molecule is COC(=O)c1ccc([N+](=O)[O-])c(OCC(F)(F)F)n1. The van der Waals surface area contributed by atoms with Gasteiger partial charge in [0.05, 0.1) is 12.0 Å². The molecule has 0 saturated heterocycles. The van der Waals surface area contributed by atoms with Crippen LogP contribution in [-0.4, -0.2) is 35.8 Å². The maximum Gasteiger partial charge on any atom is 0.422 e. The Hall–Kier alpha value is -2.39. The normalized spacial score (nSPS) is 10.9. The summed E-state index contributed by atoms with van der Waals surface area (Å²) in [4.78, 5) is 24.1. The molecular weight excluding hydrogens is 273 g/mol. The van der Waals surface area contributed by atoms with Gasteiger partial charge in [-0.05, 0) is 6.07 Å². The lowest BCUT2D eigenvalue weighted by molar-refractivity contribution is -0.386. The summed E-state index contributed by atoms with van der Waals surface area (Å²) in [6.07, 6.45) is -4.68. The van der Waals surface area contributed by atoms with Crippen molar-refractivity contribution in [2.45, 2.75) is 6.18 Å². The third-order valence-corrected chi connectivity index (χ3v) is 1.80. The van der Waals surface area contributed by atoms with Gasteiger partial charge in [-0.1, -0.05) is 0 Å². The molecule has 0 bridgehead atoms. The minimum absolute atomic E-state index is 0.398. The van der Waals surface area contributed by atoms with E-state index in [9.17, 15) is 28.1 Å². The third-order valence-electron chi connectivity index (χ3n) is 1.80. The summed E-state index contributed by atoms with van der Waals surface area (Å²) in [6, 6.07) is 1.76. The van der Waals surface area contributed by atoms with Crippen molar-refractivity contribution in [3.8, 4) is 5.88 Å². The van der Waals surface area contributed by atoms with Crippen LogP contribution in [0.2, 0.25) is 0 Å². The molecule has 104 valence electrons. The number of hydrogen-bond acceptors (Lipinski definition) is 6. The van der Waals surface area contributed by atoms with Gasteiger partial charge in [-0.25, -0.2) is 9.78 Å². The smallest absolute Gasteiger partial charge is 0.422 e. The first kappa shape index (κ1) is 14.7. The van der Waals surface area contributed by atoms with Crippen molar-refractivity contribution >= 4 is 11.7 Å². The Bertz CT molecular complexity index is 503. The number of rotatable bonds is 4. The van der Waals surface area contributed by atoms with Crippen LogP contribution in [0.5, 0.6) is 5.88 Å². The third kappa shape index (κ3) is 4.08. The van der Waals surface area contributed by atoms with E-state index in [0.717, 1.165) is 19.2 Å². The fourth-order valence-electron chi connectivity index (χ4n) is 1.05. The Morgan fingerprint density at radius 2 is 2.11 bits per heavy atom. The van der Waals surface area contributed by atoms with Gasteiger partial charge in [-0.15, -0.1) is 0 Å². The summed E-state index contributed by atoms with van der Waals surface area (Å²) >= 11 is 0. The minimum Gasteiger partial charge on any atom is -0.464 e. The largest absolute Gasteiger partial charge is 0.464 e. The second-order valence-electron chi connectivity index (χ2n) is 3.17. The van der Waals surface area contributed by atoms with Crippen molar-refractivity contribution in [1.29, 1.82) is 0 Å². The summed E-state index contributed by atoms with van der Waals surface area (Å²) in [5.74, 6) is -1.85. The second-order valence-corrected chi connectivity index (χ2v) is 3.17. The molecular formula is C9H7F3N2O5. The van der Waals surface area contributed by atoms with Crippen LogP contribution in [0.4, 0.5) is 18.9 Å². The fraction of sp³-hybridized carbons (Fsp3) is 0.333. The molecule has 0 spiro atoms. The summed E-state index contributed by atoms with van der Waals surface area (Å²) in [5.41, 5.74) is -1.18. The van der Waals surface area contributed by atoms with Crippen LogP contribution in [0.15, 0.2) is 12.1 Å². The highest BCUT2D eigenvalue weighted by Gasteiger charge is 2.31. The van der Waals surface area contributed by atoms with Crippen LogP contribution in [0.1, 0.15) is 10.5 Å². The quantitative estimate of drug-likeness (QED) is 0.473. The predicted octanol–water partition coefficient (Wildman–Crippen LogP) is 1.72. The summed E-state index contributed by atoms with van der Waals surface area (Å²) in [5, 5.41) is 10.6. The van der Waals surface area contributed by atoms with E-state index < -0.39 is 40.9 Å². The van der Waals surface area contributed by atoms with E-state index in [2.05, 4.69) is 14.5 Å². The molecule has 0 N–H and O–H groups in total. The first-order chi connectivity index (χ1) is 8.74. The minimum atomic E-state index is -4.68. The Labute approximate surface area is 104 Å². The monoisotopic (exact) mass is 280 g/mol. The number of ether oxygens (including phenoxy) is 2. The summed E-state index contributed by atoms with van der Waals surface area (Å²) in [6.45, 7) is -1.76. The number of nitrogens with zero attached hydrogens (tertiary/aromatic N) is 2. The van der Waals surface area contributed by atoms with Crippen molar-refractivity contribution in [1.82, 2.24) is 4.98 Å². The van der Waals surface area contributed by atoms with Crippen LogP contribution >= 0.6 is 0 Å². The molecule has 1 rings (SSSR count). The van der Waals surface area contributed by atoms with Crippen LogP contribution in [0.25, 0.3) is 0 Å². The number of aromatic nitrogens is 1. The molecule has 1 heterocycles.